The number of pyridine rings is 1. The summed E-state index contributed by atoms with van der Waals surface area (Å²) < 4.78 is 23.5. The minimum atomic E-state index is -0.882. The molecule has 11 nitrogen and oxygen atoms in total. The van der Waals surface area contributed by atoms with Crippen molar-refractivity contribution in [1.29, 1.82) is 0 Å². The lowest BCUT2D eigenvalue weighted by Crippen LogP contribution is -2.37. The number of anilines is 2. The molecule has 6 N–H and O–H groups in total. The number of ether oxygens (including phenoxy) is 4. The summed E-state index contributed by atoms with van der Waals surface area (Å²) in [6.45, 7) is 4.11. The number of carboxylic acid groups (broad SMARTS) is 1. The van der Waals surface area contributed by atoms with Gasteiger partial charge in [-0.3, -0.25) is 9.59 Å². The largest absolute Gasteiger partial charge is 0.481 e. The van der Waals surface area contributed by atoms with Crippen LogP contribution in [0.4, 0.5) is 11.4 Å². The number of nitrogen functional groups attached to an aromatic ring is 2. The van der Waals surface area contributed by atoms with Crippen molar-refractivity contribution >= 4 is 45.1 Å². The molecule has 0 aliphatic heterocycles. The molecule has 0 bridgehead atoms. The normalized spacial score (nSPS) is 11.3. The molecule has 0 fully saturated rings. The van der Waals surface area contributed by atoms with Gasteiger partial charge in [0.25, 0.3) is 0 Å². The Bertz CT molecular complexity index is 1160. The third-order valence-corrected chi connectivity index (χ3v) is 5.93. The molecule has 39 heavy (non-hydrogen) atoms. The molecule has 1 heterocycles. The zero-order valence-electron chi connectivity index (χ0n) is 22.2. The van der Waals surface area contributed by atoms with Crippen LogP contribution in [0.1, 0.15) is 19.3 Å². The average molecular weight is 544 g/mol. The average Bonchev–Trinajstić information content (AvgIpc) is 2.90. The molecular formula is C28H39N4O7+. The molecule has 0 radical (unpaired) electrons. The number of aromatic nitrogens is 1. The van der Waals surface area contributed by atoms with Crippen molar-refractivity contribution in [3.63, 3.8) is 0 Å². The number of nitrogens with two attached hydrogens (primary N) is 2. The van der Waals surface area contributed by atoms with Gasteiger partial charge in [-0.1, -0.05) is 0 Å². The minimum Gasteiger partial charge on any atom is -0.481 e. The van der Waals surface area contributed by atoms with Crippen LogP contribution in [0.2, 0.25) is 0 Å². The Hall–Kier alpha value is -3.51. The zero-order valence-corrected chi connectivity index (χ0v) is 22.2. The Balaban J connectivity index is 1.26. The molecule has 11 heteroatoms. The number of fused-ring (bicyclic) bond motifs is 2. The van der Waals surface area contributed by atoms with Gasteiger partial charge in [-0.25, -0.2) is 0 Å². The van der Waals surface area contributed by atoms with Crippen molar-refractivity contribution in [3.05, 3.63) is 42.5 Å². The number of aliphatic carboxylic acids is 1. The number of hydrogen-bond donors (Lipinski definition) is 4. The second-order valence-corrected chi connectivity index (χ2v) is 8.98. The van der Waals surface area contributed by atoms with E-state index in [4.69, 9.17) is 35.5 Å². The Labute approximate surface area is 227 Å². The zero-order chi connectivity index (χ0) is 27.9. The summed E-state index contributed by atoms with van der Waals surface area (Å²) in [4.78, 5) is 22.7. The van der Waals surface area contributed by atoms with Gasteiger partial charge in [-0.15, -0.1) is 0 Å². The molecule has 3 rings (SSSR count). The second kappa shape index (κ2) is 16.5. The number of amides is 1. The van der Waals surface area contributed by atoms with E-state index in [9.17, 15) is 9.59 Å². The van der Waals surface area contributed by atoms with Crippen molar-refractivity contribution in [1.82, 2.24) is 5.32 Å². The molecule has 0 saturated heterocycles. The van der Waals surface area contributed by atoms with E-state index in [-0.39, 0.29) is 18.9 Å². The maximum absolute atomic E-state index is 12.3. The van der Waals surface area contributed by atoms with E-state index in [0.29, 0.717) is 83.6 Å². The Morgan fingerprint density at radius 1 is 0.718 bits per heavy atom. The highest BCUT2D eigenvalue weighted by atomic mass is 16.6. The van der Waals surface area contributed by atoms with Gasteiger partial charge in [-0.2, -0.15) is 4.57 Å². The Morgan fingerprint density at radius 2 is 1.23 bits per heavy atom. The number of benzene rings is 2. The Morgan fingerprint density at radius 3 is 1.77 bits per heavy atom. The van der Waals surface area contributed by atoms with Crippen LogP contribution in [0, 0.1) is 0 Å². The number of rotatable bonds is 19. The molecule has 1 amide bonds. The fourth-order valence-corrected chi connectivity index (χ4v) is 4.04. The monoisotopic (exact) mass is 543 g/mol. The number of carbonyl (C=O) groups is 2. The predicted molar refractivity (Wildman–Crippen MR) is 148 cm³/mol. The summed E-state index contributed by atoms with van der Waals surface area (Å²) in [5.74, 6) is -0.906. The van der Waals surface area contributed by atoms with Gasteiger partial charge in [0.2, 0.25) is 16.9 Å². The Kier molecular flexibility index (Phi) is 12.7. The summed E-state index contributed by atoms with van der Waals surface area (Å²) in [6, 6.07) is 13.8. The standard InChI is InChI=1S/C28H38N4O7/c29-23-5-3-21-18-22-4-6-24(30)20-26(22)32(25(21)19-23)9-1-2-27(33)31-8-11-37-13-15-39-17-16-38-14-12-36-10-7-28(34)35/h3-6,18-20H,1-2,7-17H2,(H5,29,30,31,33,34,35)/p+1. The van der Waals surface area contributed by atoms with Gasteiger partial charge in [0.05, 0.1) is 59.3 Å². The molecule has 0 aliphatic carbocycles. The van der Waals surface area contributed by atoms with Crippen LogP contribution in [-0.2, 0) is 35.1 Å². The highest BCUT2D eigenvalue weighted by Gasteiger charge is 2.16. The first-order valence-electron chi connectivity index (χ1n) is 13.1. The van der Waals surface area contributed by atoms with Crippen molar-refractivity contribution in [2.24, 2.45) is 0 Å². The molecule has 1 aromatic heterocycles. The second-order valence-electron chi connectivity index (χ2n) is 8.98. The number of carbonyl (C=O) groups excluding carboxylic acids is 1. The molecule has 3 aromatic rings. The maximum Gasteiger partial charge on any atom is 0.305 e. The number of hydrogen-bond acceptors (Lipinski definition) is 8. The predicted octanol–water partition coefficient (Wildman–Crippen LogP) is 1.88. The summed E-state index contributed by atoms with van der Waals surface area (Å²) in [7, 11) is 0. The maximum atomic E-state index is 12.3. The van der Waals surface area contributed by atoms with Crippen LogP contribution in [0.15, 0.2) is 42.5 Å². The van der Waals surface area contributed by atoms with Crippen molar-refractivity contribution in [2.75, 3.05) is 70.9 Å². The smallest absolute Gasteiger partial charge is 0.305 e. The third-order valence-electron chi connectivity index (χ3n) is 5.93. The van der Waals surface area contributed by atoms with E-state index in [1.165, 1.54) is 0 Å². The van der Waals surface area contributed by atoms with E-state index in [1.54, 1.807) is 0 Å². The van der Waals surface area contributed by atoms with Crippen LogP contribution < -0.4 is 21.4 Å². The molecule has 0 saturated carbocycles. The van der Waals surface area contributed by atoms with Crippen LogP contribution in [0.5, 0.6) is 0 Å². The molecule has 0 spiro atoms. The summed E-state index contributed by atoms with van der Waals surface area (Å²) in [5.41, 5.74) is 15.5. The van der Waals surface area contributed by atoms with Crippen molar-refractivity contribution in [3.8, 4) is 0 Å². The van der Waals surface area contributed by atoms with Gasteiger partial charge in [-0.05, 0) is 30.3 Å². The van der Waals surface area contributed by atoms with Gasteiger partial charge >= 0.3 is 5.97 Å². The number of nitrogens with zero attached hydrogens (tertiary/aromatic N) is 1. The van der Waals surface area contributed by atoms with Crippen LogP contribution >= 0.6 is 0 Å². The minimum absolute atomic E-state index is 0.0119. The third kappa shape index (κ3) is 10.6. The first-order valence-corrected chi connectivity index (χ1v) is 13.1. The van der Waals surface area contributed by atoms with Crippen LogP contribution in [-0.4, -0.2) is 76.4 Å². The topological polar surface area (TPSA) is 159 Å². The molecule has 0 unspecified atom stereocenters. The summed E-state index contributed by atoms with van der Waals surface area (Å²) in [6.07, 6.45) is 1.05. The fourth-order valence-electron chi connectivity index (χ4n) is 4.04. The SMILES string of the molecule is Nc1ccc2cc3ccc(N)cc3[n+](CCCC(=O)NCCOCCOCCOCCOCCC(=O)O)c2c1. The van der Waals surface area contributed by atoms with Gasteiger partial charge in [0.1, 0.15) is 6.54 Å². The molecule has 2 aromatic carbocycles. The lowest BCUT2D eigenvalue weighted by atomic mass is 10.1. The lowest BCUT2D eigenvalue weighted by Gasteiger charge is -2.09. The molecule has 0 atom stereocenters. The van der Waals surface area contributed by atoms with E-state index in [0.717, 1.165) is 21.8 Å². The van der Waals surface area contributed by atoms with E-state index < -0.39 is 5.97 Å². The lowest BCUT2D eigenvalue weighted by molar-refractivity contribution is -0.645. The summed E-state index contributed by atoms with van der Waals surface area (Å²) in [5, 5.41) is 13.6. The first-order chi connectivity index (χ1) is 18.9. The molecule has 212 valence electrons. The number of aryl methyl sites for hydroxylation is 1. The van der Waals surface area contributed by atoms with Crippen molar-refractivity contribution < 1.29 is 38.2 Å². The van der Waals surface area contributed by atoms with Crippen LogP contribution in [0.3, 0.4) is 0 Å². The van der Waals surface area contributed by atoms with Gasteiger partial charge in [0.15, 0.2) is 0 Å². The number of carboxylic acids is 1. The van der Waals surface area contributed by atoms with Gasteiger partial charge < -0.3 is 40.8 Å². The summed E-state index contributed by atoms with van der Waals surface area (Å²) >= 11 is 0. The van der Waals surface area contributed by atoms with Crippen LogP contribution in [0.25, 0.3) is 21.8 Å². The van der Waals surface area contributed by atoms with Gasteiger partial charge in [0, 0.05) is 53.7 Å². The number of nitrogens with one attached hydrogen (secondary N) is 1. The highest BCUT2D eigenvalue weighted by Crippen LogP contribution is 2.22. The van der Waals surface area contributed by atoms with E-state index in [2.05, 4.69) is 16.0 Å². The first kappa shape index (κ1) is 30.0. The van der Waals surface area contributed by atoms with E-state index >= 15 is 0 Å². The van der Waals surface area contributed by atoms with E-state index in [1.807, 2.05) is 36.4 Å². The highest BCUT2D eigenvalue weighted by molar-refractivity contribution is 5.91. The molecular weight excluding hydrogens is 504 g/mol. The quantitative estimate of drug-likeness (QED) is 0.0766. The van der Waals surface area contributed by atoms with Crippen molar-refractivity contribution in [2.45, 2.75) is 25.8 Å². The fraction of sp³-hybridized carbons (Fsp3) is 0.464. The molecule has 0 aliphatic rings.